The molecule has 9 nitrogen and oxygen atoms in total. The number of amides is 3. The zero-order valence-electron chi connectivity index (χ0n) is 23.4. The minimum atomic E-state index is -4.91. The number of likely N-dealkylation sites (tertiary alicyclic amines) is 1. The largest absolute Gasteiger partial charge is 0.573 e. The fourth-order valence-corrected chi connectivity index (χ4v) is 5.95. The van der Waals surface area contributed by atoms with E-state index in [1.54, 1.807) is 49.1 Å². The Morgan fingerprint density at radius 2 is 1.52 bits per heavy atom. The number of carbonyl (C=O) groups is 2. The number of aromatic nitrogens is 2. The zero-order valence-corrected chi connectivity index (χ0v) is 23.4. The number of rotatable bonds is 10. The summed E-state index contributed by atoms with van der Waals surface area (Å²) in [7, 11) is 0. The molecule has 2 aromatic heterocycles. The topological polar surface area (TPSA) is 99.7 Å². The van der Waals surface area contributed by atoms with Gasteiger partial charge in [0, 0.05) is 49.7 Å². The van der Waals surface area contributed by atoms with Gasteiger partial charge in [-0.3, -0.25) is 14.8 Å². The summed E-state index contributed by atoms with van der Waals surface area (Å²) in [5.74, 6) is -1.94. The maximum absolute atomic E-state index is 14.5. The predicted octanol–water partition coefficient (Wildman–Crippen LogP) is 5.29. The first-order valence-corrected chi connectivity index (χ1v) is 13.9. The van der Waals surface area contributed by atoms with E-state index in [4.69, 9.17) is 0 Å². The molecule has 0 saturated carbocycles. The number of nitrogens with zero attached hydrogens (tertiary/aromatic N) is 4. The molecule has 0 spiro atoms. The second-order valence-corrected chi connectivity index (χ2v) is 10.6. The van der Waals surface area contributed by atoms with Gasteiger partial charge in [-0.15, -0.1) is 13.2 Å². The first-order chi connectivity index (χ1) is 20.1. The number of imide groups is 1. The van der Waals surface area contributed by atoms with E-state index in [-0.39, 0.29) is 11.4 Å². The van der Waals surface area contributed by atoms with Crippen molar-refractivity contribution in [1.82, 2.24) is 20.2 Å². The molecular weight excluding hydrogens is 549 g/mol. The maximum atomic E-state index is 14.5. The highest BCUT2D eigenvalue weighted by Gasteiger charge is 2.58. The van der Waals surface area contributed by atoms with Crippen LogP contribution in [0.3, 0.4) is 0 Å². The van der Waals surface area contributed by atoms with Gasteiger partial charge in [0.05, 0.1) is 11.4 Å². The SMILES string of the molecule is CC(c1ccncc1)C1(C(C)c2ccncc2)NC(=O)N(c2ccc(OC(F)(F)F)c(NCCN3CCCC3)c2)C1=O. The molecule has 0 aliphatic carbocycles. The lowest BCUT2D eigenvalue weighted by Gasteiger charge is -2.38. The minimum absolute atomic E-state index is 0.0338. The lowest BCUT2D eigenvalue weighted by molar-refractivity contribution is -0.274. The molecule has 3 amide bonds. The van der Waals surface area contributed by atoms with Gasteiger partial charge in [-0.05, 0) is 79.5 Å². The van der Waals surface area contributed by atoms with Crippen LogP contribution in [0.15, 0.2) is 67.3 Å². The van der Waals surface area contributed by atoms with Crippen molar-refractivity contribution in [2.24, 2.45) is 0 Å². The van der Waals surface area contributed by atoms with Crippen LogP contribution >= 0.6 is 0 Å². The molecule has 1 aromatic carbocycles. The lowest BCUT2D eigenvalue weighted by Crippen LogP contribution is -2.55. The third-order valence-electron chi connectivity index (χ3n) is 8.24. The van der Waals surface area contributed by atoms with E-state index in [0.717, 1.165) is 48.0 Å². The zero-order chi connectivity index (χ0) is 29.9. The average Bonchev–Trinajstić information content (AvgIpc) is 3.59. The Balaban J connectivity index is 1.51. The molecule has 12 heteroatoms. The number of ether oxygens (including phenoxy) is 1. The Morgan fingerprint density at radius 1 is 0.952 bits per heavy atom. The molecule has 0 bridgehead atoms. The number of anilines is 2. The van der Waals surface area contributed by atoms with Crippen molar-refractivity contribution in [3.8, 4) is 5.75 Å². The summed E-state index contributed by atoms with van der Waals surface area (Å²) < 4.78 is 43.9. The van der Waals surface area contributed by atoms with Gasteiger partial charge in [0.2, 0.25) is 0 Å². The monoisotopic (exact) mass is 582 g/mol. The summed E-state index contributed by atoms with van der Waals surface area (Å²) in [5, 5.41) is 6.00. The summed E-state index contributed by atoms with van der Waals surface area (Å²) in [4.78, 5) is 39.4. The van der Waals surface area contributed by atoms with Crippen molar-refractivity contribution in [3.05, 3.63) is 78.4 Å². The molecule has 222 valence electrons. The van der Waals surface area contributed by atoms with Gasteiger partial charge in [-0.1, -0.05) is 13.8 Å². The third-order valence-corrected chi connectivity index (χ3v) is 8.24. The molecule has 2 saturated heterocycles. The summed E-state index contributed by atoms with van der Waals surface area (Å²) >= 11 is 0. The summed E-state index contributed by atoms with van der Waals surface area (Å²) in [6.07, 6.45) is 3.74. The smallest absolute Gasteiger partial charge is 0.404 e. The molecule has 2 N–H and O–H groups in total. The van der Waals surface area contributed by atoms with Crippen LogP contribution in [-0.2, 0) is 4.79 Å². The minimum Gasteiger partial charge on any atom is -0.404 e. The van der Waals surface area contributed by atoms with Crippen LogP contribution in [0.25, 0.3) is 0 Å². The van der Waals surface area contributed by atoms with Crippen molar-refractivity contribution in [2.45, 2.75) is 50.4 Å². The molecule has 2 aliphatic rings. The van der Waals surface area contributed by atoms with Gasteiger partial charge in [0.25, 0.3) is 5.91 Å². The van der Waals surface area contributed by atoms with E-state index >= 15 is 0 Å². The molecular formula is C30H33F3N6O3. The molecule has 2 unspecified atom stereocenters. The molecule has 42 heavy (non-hydrogen) atoms. The van der Waals surface area contributed by atoms with Crippen LogP contribution in [-0.4, -0.2) is 64.9 Å². The molecule has 5 rings (SSSR count). The number of alkyl halides is 3. The Hall–Kier alpha value is -4.19. The van der Waals surface area contributed by atoms with Gasteiger partial charge in [-0.25, -0.2) is 9.69 Å². The van der Waals surface area contributed by atoms with Crippen LogP contribution in [0.1, 0.15) is 49.7 Å². The molecule has 4 heterocycles. The predicted molar refractivity (Wildman–Crippen MR) is 151 cm³/mol. The van der Waals surface area contributed by atoms with Crippen LogP contribution in [0.2, 0.25) is 0 Å². The number of benzene rings is 1. The lowest BCUT2D eigenvalue weighted by atomic mass is 9.70. The molecule has 2 fully saturated rings. The fraction of sp³-hybridized carbons (Fsp3) is 0.400. The van der Waals surface area contributed by atoms with Crippen LogP contribution in [0.5, 0.6) is 5.75 Å². The average molecular weight is 583 g/mol. The molecule has 3 aromatic rings. The highest BCUT2D eigenvalue weighted by atomic mass is 19.4. The third kappa shape index (κ3) is 5.89. The highest BCUT2D eigenvalue weighted by Crippen LogP contribution is 2.45. The van der Waals surface area contributed by atoms with Gasteiger partial charge >= 0.3 is 12.4 Å². The summed E-state index contributed by atoms with van der Waals surface area (Å²) in [5.41, 5.74) is 0.330. The van der Waals surface area contributed by atoms with Gasteiger partial charge < -0.3 is 20.3 Å². The Morgan fingerprint density at radius 3 is 2.07 bits per heavy atom. The van der Waals surface area contributed by atoms with E-state index in [0.29, 0.717) is 13.1 Å². The maximum Gasteiger partial charge on any atom is 0.573 e. The van der Waals surface area contributed by atoms with Crippen molar-refractivity contribution < 1.29 is 27.5 Å². The number of carbonyl (C=O) groups excluding carboxylic acids is 2. The van der Waals surface area contributed by atoms with Crippen molar-refractivity contribution in [1.29, 1.82) is 0 Å². The van der Waals surface area contributed by atoms with E-state index in [9.17, 15) is 22.8 Å². The second-order valence-electron chi connectivity index (χ2n) is 10.6. The normalized spacial score (nSPS) is 20.8. The Labute approximate surface area is 242 Å². The van der Waals surface area contributed by atoms with Crippen LogP contribution in [0, 0.1) is 0 Å². The van der Waals surface area contributed by atoms with Gasteiger partial charge in [0.15, 0.2) is 5.75 Å². The van der Waals surface area contributed by atoms with E-state index in [2.05, 4.69) is 30.2 Å². The number of nitrogens with one attached hydrogen (secondary N) is 2. The number of halogens is 3. The number of hydrogen-bond donors (Lipinski definition) is 2. The number of hydrogen-bond acceptors (Lipinski definition) is 7. The standard InChI is InChI=1S/C30H33F3N6O3/c1-20(22-7-11-34-12-8-22)29(21(2)23-9-13-35-14-10-23)27(40)39(28(41)37-29)24-5-6-26(42-30(31,32)33)25(19-24)36-15-18-38-16-3-4-17-38/h5-14,19-21,36H,3-4,15-18H2,1-2H3,(H,37,41). The van der Waals surface area contributed by atoms with Gasteiger partial charge in [0.1, 0.15) is 5.54 Å². The fourth-order valence-electron chi connectivity index (χ4n) is 5.95. The first kappa shape index (κ1) is 29.3. The van der Waals surface area contributed by atoms with Crippen LogP contribution < -0.4 is 20.3 Å². The Kier molecular flexibility index (Phi) is 8.35. The Bertz CT molecular complexity index is 1350. The van der Waals surface area contributed by atoms with Crippen molar-refractivity contribution in [3.63, 3.8) is 0 Å². The summed E-state index contributed by atoms with van der Waals surface area (Å²) in [6, 6.07) is 10.3. The van der Waals surface area contributed by atoms with Crippen LogP contribution in [0.4, 0.5) is 29.3 Å². The second kappa shape index (κ2) is 12.0. The van der Waals surface area contributed by atoms with Crippen molar-refractivity contribution >= 4 is 23.3 Å². The molecule has 2 atom stereocenters. The van der Waals surface area contributed by atoms with E-state index in [1.807, 2.05) is 13.8 Å². The van der Waals surface area contributed by atoms with E-state index < -0.39 is 41.4 Å². The summed E-state index contributed by atoms with van der Waals surface area (Å²) in [6.45, 7) is 6.59. The number of pyridine rings is 2. The van der Waals surface area contributed by atoms with Gasteiger partial charge in [-0.2, -0.15) is 0 Å². The molecule has 2 aliphatic heterocycles. The van der Waals surface area contributed by atoms with Crippen molar-refractivity contribution in [2.75, 3.05) is 36.4 Å². The quantitative estimate of drug-likeness (QED) is 0.314. The van der Waals surface area contributed by atoms with E-state index in [1.165, 1.54) is 12.1 Å². The highest BCUT2D eigenvalue weighted by molar-refractivity contribution is 6.24. The number of urea groups is 1. The molecule has 0 radical (unpaired) electrons. The first-order valence-electron chi connectivity index (χ1n) is 13.9.